The molecule has 0 aromatic heterocycles. The number of hydrogen-bond donors (Lipinski definition) is 1. The van der Waals surface area contributed by atoms with E-state index in [-0.39, 0.29) is 0 Å². The summed E-state index contributed by atoms with van der Waals surface area (Å²) in [4.78, 5) is 0. The van der Waals surface area contributed by atoms with Crippen molar-refractivity contribution in [3.8, 4) is 11.5 Å². The Morgan fingerprint density at radius 3 is 2.80 bits per heavy atom. The van der Waals surface area contributed by atoms with Crippen LogP contribution in [0.3, 0.4) is 0 Å². The zero-order valence-electron chi connectivity index (χ0n) is 12.4. The average molecular weight is 275 g/mol. The van der Waals surface area contributed by atoms with Crippen molar-refractivity contribution in [3.05, 3.63) is 23.8 Å². The zero-order chi connectivity index (χ0) is 13.8. The fourth-order valence-electron chi connectivity index (χ4n) is 3.35. The molecule has 1 heterocycles. The minimum Gasteiger partial charge on any atom is -0.486 e. The van der Waals surface area contributed by atoms with Gasteiger partial charge in [-0.1, -0.05) is 31.4 Å². The Morgan fingerprint density at radius 2 is 1.95 bits per heavy atom. The van der Waals surface area contributed by atoms with Crippen LogP contribution in [0.1, 0.15) is 44.6 Å². The first kappa shape index (κ1) is 13.7. The van der Waals surface area contributed by atoms with Gasteiger partial charge in [0.05, 0.1) is 0 Å². The molecule has 1 saturated carbocycles. The monoisotopic (exact) mass is 275 g/mol. The van der Waals surface area contributed by atoms with E-state index in [1.165, 1.54) is 37.7 Å². The van der Waals surface area contributed by atoms with Crippen LogP contribution in [-0.2, 0) is 6.54 Å². The summed E-state index contributed by atoms with van der Waals surface area (Å²) in [6, 6.07) is 6.75. The number of para-hydroxylation sites is 1. The number of fused-ring (bicyclic) bond motifs is 1. The van der Waals surface area contributed by atoms with Crippen molar-refractivity contribution < 1.29 is 9.47 Å². The molecule has 1 aromatic carbocycles. The van der Waals surface area contributed by atoms with Gasteiger partial charge < -0.3 is 14.8 Å². The fourth-order valence-corrected chi connectivity index (χ4v) is 3.35. The van der Waals surface area contributed by atoms with Gasteiger partial charge in [-0.25, -0.2) is 0 Å². The van der Waals surface area contributed by atoms with Crippen LogP contribution in [0, 0.1) is 5.92 Å². The summed E-state index contributed by atoms with van der Waals surface area (Å²) in [5.74, 6) is 2.66. The standard InChI is InChI=1S/C17H25NO2/c1-13(14-6-3-2-4-7-14)18-12-15-8-5-9-16-17(15)20-11-10-19-16/h5,8-9,13-14,18H,2-4,6-7,10-12H2,1H3. The summed E-state index contributed by atoms with van der Waals surface area (Å²) in [5, 5.41) is 3.68. The minimum atomic E-state index is 0.579. The lowest BCUT2D eigenvalue weighted by atomic mass is 9.84. The second-order valence-corrected chi connectivity index (χ2v) is 6.01. The quantitative estimate of drug-likeness (QED) is 0.912. The Balaban J connectivity index is 1.60. The third kappa shape index (κ3) is 3.09. The van der Waals surface area contributed by atoms with E-state index in [4.69, 9.17) is 9.47 Å². The molecule has 3 rings (SSSR count). The van der Waals surface area contributed by atoms with Crippen LogP contribution in [0.15, 0.2) is 18.2 Å². The van der Waals surface area contributed by atoms with Gasteiger partial charge >= 0.3 is 0 Å². The van der Waals surface area contributed by atoms with Crippen LogP contribution < -0.4 is 14.8 Å². The Bertz CT molecular complexity index is 441. The highest BCUT2D eigenvalue weighted by molar-refractivity contribution is 5.47. The third-order valence-electron chi connectivity index (χ3n) is 4.62. The molecule has 1 aliphatic carbocycles. The highest BCUT2D eigenvalue weighted by Gasteiger charge is 2.21. The van der Waals surface area contributed by atoms with Gasteiger partial charge in [-0.3, -0.25) is 0 Å². The first-order chi connectivity index (χ1) is 9.84. The van der Waals surface area contributed by atoms with Crippen LogP contribution in [0.4, 0.5) is 0 Å². The summed E-state index contributed by atoms with van der Waals surface area (Å²) in [7, 11) is 0. The molecule has 3 heteroatoms. The van der Waals surface area contributed by atoms with E-state index in [9.17, 15) is 0 Å². The van der Waals surface area contributed by atoms with Crippen LogP contribution in [-0.4, -0.2) is 19.3 Å². The minimum absolute atomic E-state index is 0.579. The molecular formula is C17H25NO2. The summed E-state index contributed by atoms with van der Waals surface area (Å²) in [5.41, 5.74) is 1.21. The number of rotatable bonds is 4. The van der Waals surface area contributed by atoms with Gasteiger partial charge in [0.1, 0.15) is 13.2 Å². The maximum Gasteiger partial charge on any atom is 0.165 e. The summed E-state index contributed by atoms with van der Waals surface area (Å²) in [6.07, 6.45) is 6.96. The van der Waals surface area contributed by atoms with E-state index >= 15 is 0 Å². The van der Waals surface area contributed by atoms with E-state index in [2.05, 4.69) is 24.4 Å². The largest absolute Gasteiger partial charge is 0.486 e. The van der Waals surface area contributed by atoms with Gasteiger partial charge in [-0.2, -0.15) is 0 Å². The molecule has 3 nitrogen and oxygen atoms in total. The number of benzene rings is 1. The Kier molecular flexibility index (Phi) is 4.46. The van der Waals surface area contributed by atoms with E-state index in [1.807, 2.05) is 6.07 Å². The molecule has 0 amide bonds. The number of nitrogens with one attached hydrogen (secondary N) is 1. The molecule has 1 aromatic rings. The molecule has 1 atom stereocenters. The molecule has 0 saturated heterocycles. The first-order valence-corrected chi connectivity index (χ1v) is 7.95. The number of hydrogen-bond acceptors (Lipinski definition) is 3. The normalized spacial score (nSPS) is 20.6. The second kappa shape index (κ2) is 6.49. The highest BCUT2D eigenvalue weighted by Crippen LogP contribution is 2.34. The van der Waals surface area contributed by atoms with Crippen molar-refractivity contribution in [2.75, 3.05) is 13.2 Å². The molecule has 2 aliphatic rings. The maximum atomic E-state index is 5.77. The molecule has 0 radical (unpaired) electrons. The SMILES string of the molecule is CC(NCc1cccc2c1OCCO2)C1CCCCC1. The molecule has 1 N–H and O–H groups in total. The molecule has 0 spiro atoms. The molecular weight excluding hydrogens is 250 g/mol. The fraction of sp³-hybridized carbons (Fsp3) is 0.647. The van der Waals surface area contributed by atoms with Gasteiger partial charge in [0.25, 0.3) is 0 Å². The van der Waals surface area contributed by atoms with Crippen LogP contribution >= 0.6 is 0 Å². The van der Waals surface area contributed by atoms with Gasteiger partial charge in [0.2, 0.25) is 0 Å². The van der Waals surface area contributed by atoms with E-state index in [1.54, 1.807) is 0 Å². The summed E-state index contributed by atoms with van der Waals surface area (Å²) < 4.78 is 11.4. The van der Waals surface area contributed by atoms with Crippen molar-refractivity contribution in [2.45, 2.75) is 51.6 Å². The number of ether oxygens (including phenoxy) is 2. The third-order valence-corrected chi connectivity index (χ3v) is 4.62. The molecule has 1 unspecified atom stereocenters. The Morgan fingerprint density at radius 1 is 1.15 bits per heavy atom. The first-order valence-electron chi connectivity index (χ1n) is 7.95. The topological polar surface area (TPSA) is 30.5 Å². The molecule has 1 aliphatic heterocycles. The Labute approximate surface area is 121 Å². The zero-order valence-corrected chi connectivity index (χ0v) is 12.4. The lowest BCUT2D eigenvalue weighted by molar-refractivity contribution is 0.169. The van der Waals surface area contributed by atoms with Crippen LogP contribution in [0.5, 0.6) is 11.5 Å². The van der Waals surface area contributed by atoms with Gasteiger partial charge in [0, 0.05) is 18.2 Å². The van der Waals surface area contributed by atoms with Crippen molar-refractivity contribution in [1.29, 1.82) is 0 Å². The molecule has 20 heavy (non-hydrogen) atoms. The van der Waals surface area contributed by atoms with Gasteiger partial charge in [-0.05, 0) is 31.7 Å². The van der Waals surface area contributed by atoms with Crippen molar-refractivity contribution in [2.24, 2.45) is 5.92 Å². The Hall–Kier alpha value is -1.22. The van der Waals surface area contributed by atoms with Gasteiger partial charge in [-0.15, -0.1) is 0 Å². The predicted molar refractivity (Wildman–Crippen MR) is 80.3 cm³/mol. The van der Waals surface area contributed by atoms with Crippen molar-refractivity contribution in [3.63, 3.8) is 0 Å². The smallest absolute Gasteiger partial charge is 0.165 e. The van der Waals surface area contributed by atoms with E-state index in [0.29, 0.717) is 19.3 Å². The van der Waals surface area contributed by atoms with Crippen LogP contribution in [0.2, 0.25) is 0 Å². The highest BCUT2D eigenvalue weighted by atomic mass is 16.6. The van der Waals surface area contributed by atoms with Gasteiger partial charge in [0.15, 0.2) is 11.5 Å². The summed E-state index contributed by atoms with van der Waals surface area (Å²) in [6.45, 7) is 4.50. The van der Waals surface area contributed by atoms with Crippen molar-refractivity contribution >= 4 is 0 Å². The molecule has 0 bridgehead atoms. The summed E-state index contributed by atoms with van der Waals surface area (Å²) >= 11 is 0. The second-order valence-electron chi connectivity index (χ2n) is 6.01. The van der Waals surface area contributed by atoms with Crippen molar-refractivity contribution in [1.82, 2.24) is 5.32 Å². The van der Waals surface area contributed by atoms with Crippen LogP contribution in [0.25, 0.3) is 0 Å². The predicted octanol–water partition coefficient (Wildman–Crippen LogP) is 3.52. The average Bonchev–Trinajstić information content (AvgIpc) is 2.53. The maximum absolute atomic E-state index is 5.77. The lowest BCUT2D eigenvalue weighted by Gasteiger charge is -2.29. The van der Waals surface area contributed by atoms with E-state index in [0.717, 1.165) is 24.0 Å². The van der Waals surface area contributed by atoms with E-state index < -0.39 is 0 Å². The molecule has 110 valence electrons. The lowest BCUT2D eigenvalue weighted by Crippen LogP contribution is -2.34. The molecule has 1 fully saturated rings.